The van der Waals surface area contributed by atoms with Gasteiger partial charge in [0.1, 0.15) is 0 Å². The van der Waals surface area contributed by atoms with E-state index < -0.39 is 5.97 Å². The molecule has 1 saturated carbocycles. The summed E-state index contributed by atoms with van der Waals surface area (Å²) in [5.41, 5.74) is -0.0346. The van der Waals surface area contributed by atoms with Crippen LogP contribution in [0, 0.1) is 11.3 Å². The van der Waals surface area contributed by atoms with Crippen molar-refractivity contribution in [2.75, 3.05) is 6.54 Å². The number of piperidine rings is 1. The van der Waals surface area contributed by atoms with Gasteiger partial charge in [-0.1, -0.05) is 13.8 Å². The minimum atomic E-state index is -0.743. The van der Waals surface area contributed by atoms with E-state index in [4.69, 9.17) is 5.11 Å². The average molecular weight is 268 g/mol. The van der Waals surface area contributed by atoms with Crippen LogP contribution < -0.4 is 10.6 Å². The van der Waals surface area contributed by atoms with Gasteiger partial charge in [0.2, 0.25) is 5.91 Å². The van der Waals surface area contributed by atoms with Crippen molar-refractivity contribution in [1.29, 1.82) is 0 Å². The molecule has 2 rings (SSSR count). The van der Waals surface area contributed by atoms with Gasteiger partial charge < -0.3 is 15.7 Å². The summed E-state index contributed by atoms with van der Waals surface area (Å²) in [5.74, 6) is -1.01. The van der Waals surface area contributed by atoms with Gasteiger partial charge in [0.05, 0.1) is 12.0 Å². The standard InChI is InChI=1S/C14H24N2O3/c1-14(2)6-3-7-15-11(14)12(17)16-10-5-4-9(8-10)13(18)19/h9-11,15H,3-8H2,1-2H3,(H,16,17)(H,18,19)/t9-,10+,11?/m1/s1. The number of carboxylic acids is 1. The van der Waals surface area contributed by atoms with Gasteiger partial charge in [0.15, 0.2) is 0 Å². The molecule has 3 N–H and O–H groups in total. The molecule has 5 nitrogen and oxygen atoms in total. The molecule has 5 heteroatoms. The van der Waals surface area contributed by atoms with E-state index in [1.807, 2.05) is 0 Å². The first-order valence-corrected chi connectivity index (χ1v) is 7.17. The summed E-state index contributed by atoms with van der Waals surface area (Å²) < 4.78 is 0. The molecule has 0 aromatic heterocycles. The summed E-state index contributed by atoms with van der Waals surface area (Å²) in [6, 6.07) is -0.141. The lowest BCUT2D eigenvalue weighted by molar-refractivity contribution is -0.141. The van der Waals surface area contributed by atoms with Crippen LogP contribution in [0.1, 0.15) is 46.0 Å². The SMILES string of the molecule is CC1(C)CCCNC1C(=O)N[C@H]1CC[C@@H](C(=O)O)C1. The lowest BCUT2D eigenvalue weighted by atomic mass is 9.77. The molecule has 0 spiro atoms. The molecular weight excluding hydrogens is 244 g/mol. The summed E-state index contributed by atoms with van der Waals surface area (Å²) in [6.07, 6.45) is 4.15. The van der Waals surface area contributed by atoms with Crippen LogP contribution in [0.5, 0.6) is 0 Å². The summed E-state index contributed by atoms with van der Waals surface area (Å²) in [7, 11) is 0. The van der Waals surface area contributed by atoms with Crippen molar-refractivity contribution in [3.63, 3.8) is 0 Å². The number of hydrogen-bond acceptors (Lipinski definition) is 3. The van der Waals surface area contributed by atoms with Crippen molar-refractivity contribution in [1.82, 2.24) is 10.6 Å². The Hall–Kier alpha value is -1.10. The number of rotatable bonds is 3. The minimum absolute atomic E-state index is 0.0214. The van der Waals surface area contributed by atoms with Gasteiger partial charge in [0.25, 0.3) is 0 Å². The molecule has 108 valence electrons. The van der Waals surface area contributed by atoms with Gasteiger partial charge in [-0.15, -0.1) is 0 Å². The molecular formula is C14H24N2O3. The van der Waals surface area contributed by atoms with E-state index in [-0.39, 0.29) is 29.3 Å². The maximum Gasteiger partial charge on any atom is 0.306 e. The first-order chi connectivity index (χ1) is 8.90. The summed E-state index contributed by atoms with van der Waals surface area (Å²) in [6.45, 7) is 5.10. The first-order valence-electron chi connectivity index (χ1n) is 7.17. The van der Waals surface area contributed by atoms with E-state index in [0.717, 1.165) is 25.8 Å². The van der Waals surface area contributed by atoms with Crippen LogP contribution in [0.2, 0.25) is 0 Å². The van der Waals surface area contributed by atoms with Crippen LogP contribution in [0.4, 0.5) is 0 Å². The molecule has 0 aromatic rings. The fraction of sp³-hybridized carbons (Fsp3) is 0.857. The van der Waals surface area contributed by atoms with E-state index in [9.17, 15) is 9.59 Å². The predicted molar refractivity (Wildman–Crippen MR) is 71.7 cm³/mol. The Kier molecular flexibility index (Phi) is 4.13. The summed E-state index contributed by atoms with van der Waals surface area (Å²) in [4.78, 5) is 23.2. The maximum absolute atomic E-state index is 12.3. The quantitative estimate of drug-likeness (QED) is 0.717. The minimum Gasteiger partial charge on any atom is -0.481 e. The molecule has 1 aliphatic carbocycles. The second-order valence-corrected chi connectivity index (χ2v) is 6.53. The third kappa shape index (κ3) is 3.26. The van der Waals surface area contributed by atoms with Crippen LogP contribution >= 0.6 is 0 Å². The highest BCUT2D eigenvalue weighted by molar-refractivity contribution is 5.83. The lowest BCUT2D eigenvalue weighted by Gasteiger charge is -2.38. The van der Waals surface area contributed by atoms with E-state index >= 15 is 0 Å². The molecule has 1 amide bonds. The van der Waals surface area contributed by atoms with E-state index in [1.54, 1.807) is 0 Å². The molecule has 1 saturated heterocycles. The number of nitrogens with one attached hydrogen (secondary N) is 2. The van der Waals surface area contributed by atoms with Crippen LogP contribution in [0.25, 0.3) is 0 Å². The fourth-order valence-corrected chi connectivity index (χ4v) is 3.28. The van der Waals surface area contributed by atoms with Crippen molar-refractivity contribution in [2.24, 2.45) is 11.3 Å². The Balaban J connectivity index is 1.89. The first kappa shape index (κ1) is 14.3. The van der Waals surface area contributed by atoms with E-state index in [0.29, 0.717) is 12.8 Å². The smallest absolute Gasteiger partial charge is 0.306 e. The Morgan fingerprint density at radius 1 is 1.32 bits per heavy atom. The average Bonchev–Trinajstić information content (AvgIpc) is 2.76. The predicted octanol–water partition coefficient (Wildman–Crippen LogP) is 1.13. The third-order valence-electron chi connectivity index (χ3n) is 4.52. The van der Waals surface area contributed by atoms with Crippen molar-refractivity contribution in [3.8, 4) is 0 Å². The van der Waals surface area contributed by atoms with Gasteiger partial charge in [-0.3, -0.25) is 9.59 Å². The third-order valence-corrected chi connectivity index (χ3v) is 4.52. The molecule has 19 heavy (non-hydrogen) atoms. The second kappa shape index (κ2) is 5.49. The lowest BCUT2D eigenvalue weighted by Crippen LogP contribution is -2.56. The van der Waals surface area contributed by atoms with Gasteiger partial charge in [-0.05, 0) is 44.1 Å². The highest BCUT2D eigenvalue weighted by Crippen LogP contribution is 2.31. The monoisotopic (exact) mass is 268 g/mol. The van der Waals surface area contributed by atoms with Crippen molar-refractivity contribution in [2.45, 2.75) is 58.0 Å². The molecule has 1 heterocycles. The summed E-state index contributed by atoms with van der Waals surface area (Å²) in [5, 5.41) is 15.3. The van der Waals surface area contributed by atoms with Gasteiger partial charge in [0, 0.05) is 6.04 Å². The van der Waals surface area contributed by atoms with Crippen molar-refractivity contribution < 1.29 is 14.7 Å². The number of carbonyl (C=O) groups is 2. The fourth-order valence-electron chi connectivity index (χ4n) is 3.28. The van der Waals surface area contributed by atoms with Gasteiger partial charge in [-0.2, -0.15) is 0 Å². The molecule has 2 fully saturated rings. The number of aliphatic carboxylic acids is 1. The van der Waals surface area contributed by atoms with Gasteiger partial charge >= 0.3 is 5.97 Å². The Labute approximate surface area is 114 Å². The highest BCUT2D eigenvalue weighted by Gasteiger charge is 2.39. The zero-order valence-corrected chi connectivity index (χ0v) is 11.7. The zero-order valence-electron chi connectivity index (χ0n) is 11.7. The summed E-state index contributed by atoms with van der Waals surface area (Å²) >= 11 is 0. The molecule has 2 aliphatic rings. The molecule has 0 radical (unpaired) electrons. The molecule has 0 bridgehead atoms. The van der Waals surface area contributed by atoms with E-state index in [2.05, 4.69) is 24.5 Å². The second-order valence-electron chi connectivity index (χ2n) is 6.53. The van der Waals surface area contributed by atoms with Gasteiger partial charge in [-0.25, -0.2) is 0 Å². The van der Waals surface area contributed by atoms with E-state index in [1.165, 1.54) is 0 Å². The highest BCUT2D eigenvalue weighted by atomic mass is 16.4. The normalized spacial score (nSPS) is 33.9. The Bertz CT molecular complexity index is 368. The number of hydrogen-bond donors (Lipinski definition) is 3. The van der Waals surface area contributed by atoms with Crippen LogP contribution in [0.3, 0.4) is 0 Å². The van der Waals surface area contributed by atoms with Crippen LogP contribution in [0.15, 0.2) is 0 Å². The molecule has 1 unspecified atom stereocenters. The largest absolute Gasteiger partial charge is 0.481 e. The number of carbonyl (C=O) groups excluding carboxylic acids is 1. The Morgan fingerprint density at radius 3 is 2.63 bits per heavy atom. The zero-order chi connectivity index (χ0) is 14.0. The molecule has 0 aromatic carbocycles. The Morgan fingerprint density at radius 2 is 2.05 bits per heavy atom. The maximum atomic E-state index is 12.3. The number of amides is 1. The van der Waals surface area contributed by atoms with Crippen LogP contribution in [-0.2, 0) is 9.59 Å². The molecule has 3 atom stereocenters. The topological polar surface area (TPSA) is 78.4 Å². The number of carboxylic acid groups (broad SMARTS) is 1. The van der Waals surface area contributed by atoms with Crippen LogP contribution in [-0.4, -0.2) is 35.6 Å². The van der Waals surface area contributed by atoms with Crippen molar-refractivity contribution >= 4 is 11.9 Å². The molecule has 1 aliphatic heterocycles. The van der Waals surface area contributed by atoms with Crippen molar-refractivity contribution in [3.05, 3.63) is 0 Å².